The molecule has 326 valence electrons. The first-order chi connectivity index (χ1) is 34.0. The van der Waals surface area contributed by atoms with Crippen molar-refractivity contribution in [3.05, 3.63) is 236 Å². The van der Waals surface area contributed by atoms with Crippen LogP contribution >= 0.6 is 0 Å². The summed E-state index contributed by atoms with van der Waals surface area (Å²) in [6.45, 7) is 5.90. The van der Waals surface area contributed by atoms with E-state index in [1.165, 1.54) is 0 Å². The van der Waals surface area contributed by atoms with Crippen LogP contribution in [0, 0.1) is 6.92 Å². The summed E-state index contributed by atoms with van der Waals surface area (Å²) < 4.78 is 12.9. The van der Waals surface area contributed by atoms with Crippen molar-refractivity contribution in [3.8, 4) is 89.8 Å². The maximum absolute atomic E-state index is 6.48. The lowest BCUT2D eigenvalue weighted by Crippen LogP contribution is -1.95. The van der Waals surface area contributed by atoms with Gasteiger partial charge in [-0.25, -0.2) is 19.9 Å². The van der Waals surface area contributed by atoms with Crippen LogP contribution in [0.5, 0.6) is 0 Å². The molecule has 4 heterocycles. The van der Waals surface area contributed by atoms with E-state index in [4.69, 9.17) is 28.8 Å². The van der Waals surface area contributed by atoms with Crippen LogP contribution in [0.2, 0.25) is 0 Å². The highest BCUT2D eigenvalue weighted by molar-refractivity contribution is 6.07. The van der Waals surface area contributed by atoms with Crippen LogP contribution in [0.3, 0.4) is 0 Å². The van der Waals surface area contributed by atoms with Gasteiger partial charge < -0.3 is 8.83 Å². The topological polar surface area (TPSA) is 77.8 Å². The van der Waals surface area contributed by atoms with Crippen LogP contribution in [0.1, 0.15) is 11.3 Å². The number of hydrogen-bond donors (Lipinski definition) is 0. The van der Waals surface area contributed by atoms with Crippen molar-refractivity contribution >= 4 is 39.2 Å². The fraction of sp³-hybridized carbons (Fsp3) is 0.0159. The fourth-order valence-corrected chi connectivity index (χ4v) is 9.12. The maximum atomic E-state index is 6.48. The average molecular weight is 887 g/mol. The summed E-state index contributed by atoms with van der Waals surface area (Å²) in [4.78, 5) is 20.8. The Morgan fingerprint density at radius 2 is 0.783 bits per heavy atom. The summed E-state index contributed by atoms with van der Waals surface area (Å²) >= 11 is 0. The minimum absolute atomic E-state index is 0.618. The highest BCUT2D eigenvalue weighted by Crippen LogP contribution is 2.39. The van der Waals surface area contributed by atoms with Gasteiger partial charge in [-0.2, -0.15) is 0 Å². The molecule has 6 nitrogen and oxygen atoms in total. The van der Waals surface area contributed by atoms with E-state index in [0.717, 1.165) is 111 Å². The number of aromatic nitrogens is 4. The molecule has 0 N–H and O–H groups in total. The third-order valence-electron chi connectivity index (χ3n) is 12.7. The van der Waals surface area contributed by atoms with Gasteiger partial charge in [0, 0.05) is 33.2 Å². The number of allylic oxidation sites excluding steroid dienone is 2. The Labute approximate surface area is 399 Å². The Kier molecular flexibility index (Phi) is 10.5. The van der Waals surface area contributed by atoms with Crippen molar-refractivity contribution in [2.24, 2.45) is 0 Å². The van der Waals surface area contributed by atoms with Gasteiger partial charge in [-0.3, -0.25) is 0 Å². The van der Waals surface area contributed by atoms with E-state index in [0.29, 0.717) is 22.8 Å². The summed E-state index contributed by atoms with van der Waals surface area (Å²) in [5, 5.41) is 0.953. The molecule has 0 fully saturated rings. The van der Waals surface area contributed by atoms with E-state index >= 15 is 0 Å². The van der Waals surface area contributed by atoms with Crippen molar-refractivity contribution < 1.29 is 8.83 Å². The molecular weight excluding hydrogens is 845 g/mol. The predicted octanol–water partition coefficient (Wildman–Crippen LogP) is 16.8. The van der Waals surface area contributed by atoms with Crippen LogP contribution in [0.25, 0.3) is 129 Å². The highest BCUT2D eigenvalue weighted by Gasteiger charge is 2.21. The molecule has 69 heavy (non-hydrogen) atoms. The van der Waals surface area contributed by atoms with Gasteiger partial charge in [0.05, 0.1) is 0 Å². The van der Waals surface area contributed by atoms with E-state index < -0.39 is 0 Å². The molecule has 12 aromatic rings. The number of para-hydroxylation sites is 1. The Balaban J connectivity index is 0.904. The molecule has 4 aromatic heterocycles. The summed E-state index contributed by atoms with van der Waals surface area (Å²) in [5.41, 5.74) is 18.6. The summed E-state index contributed by atoms with van der Waals surface area (Å²) in [5.74, 6) is 1.97. The molecule has 0 spiro atoms. The zero-order valence-corrected chi connectivity index (χ0v) is 37.7. The molecule has 0 saturated heterocycles. The van der Waals surface area contributed by atoms with E-state index in [1.807, 2.05) is 49.4 Å². The Morgan fingerprint density at radius 1 is 0.377 bits per heavy atom. The lowest BCUT2D eigenvalue weighted by Gasteiger charge is -2.11. The lowest BCUT2D eigenvalue weighted by atomic mass is 9.96. The van der Waals surface area contributed by atoms with E-state index in [-0.39, 0.29) is 0 Å². The number of benzene rings is 8. The maximum Gasteiger partial charge on any atom is 0.180 e. The second-order valence-electron chi connectivity index (χ2n) is 17.1. The molecule has 0 aliphatic rings. The smallest absolute Gasteiger partial charge is 0.180 e. The fourth-order valence-electron chi connectivity index (χ4n) is 9.12. The van der Waals surface area contributed by atoms with Gasteiger partial charge in [-0.15, -0.1) is 0 Å². The molecule has 0 amide bonds. The number of rotatable bonds is 10. The molecule has 6 heteroatoms. The SMILES string of the molecule is C=C/C=C\c1oc2c(-c3ccc(-c4ccccc4)cc3)nc(-c3cccc(-c4cccc(-c5cccc(-c6nc(-c7ccc(-c8ccccc8)cc7)c7oc8ccccc8c7n6)c5)c4)c3)nc2c1C. The molecule has 0 atom stereocenters. The van der Waals surface area contributed by atoms with Crippen molar-refractivity contribution in [1.29, 1.82) is 0 Å². The monoisotopic (exact) mass is 886 g/mol. The number of aryl methyl sites for hydroxylation is 1. The molecular formula is C63H42N4O2. The quantitative estimate of drug-likeness (QED) is 0.127. The van der Waals surface area contributed by atoms with Crippen molar-refractivity contribution in [2.45, 2.75) is 6.92 Å². The second-order valence-corrected chi connectivity index (χ2v) is 17.1. The number of hydrogen-bond acceptors (Lipinski definition) is 6. The normalized spacial score (nSPS) is 11.6. The van der Waals surface area contributed by atoms with Gasteiger partial charge in [0.25, 0.3) is 0 Å². The van der Waals surface area contributed by atoms with E-state index in [1.54, 1.807) is 6.08 Å². The third-order valence-corrected chi connectivity index (χ3v) is 12.7. The molecule has 0 aliphatic carbocycles. The van der Waals surface area contributed by atoms with Crippen molar-refractivity contribution in [3.63, 3.8) is 0 Å². The van der Waals surface area contributed by atoms with Crippen LogP contribution in [-0.2, 0) is 0 Å². The van der Waals surface area contributed by atoms with E-state index in [9.17, 15) is 0 Å². The first kappa shape index (κ1) is 41.2. The third kappa shape index (κ3) is 7.80. The largest absolute Gasteiger partial charge is 0.452 e. The Hall–Kier alpha value is -9.26. The van der Waals surface area contributed by atoms with Crippen LogP contribution in [-0.4, -0.2) is 19.9 Å². The first-order valence-electron chi connectivity index (χ1n) is 23.0. The van der Waals surface area contributed by atoms with Crippen LogP contribution < -0.4 is 0 Å². The molecule has 0 bridgehead atoms. The highest BCUT2D eigenvalue weighted by atomic mass is 16.3. The zero-order valence-electron chi connectivity index (χ0n) is 37.7. The van der Waals surface area contributed by atoms with Gasteiger partial charge in [-0.05, 0) is 87.8 Å². The predicted molar refractivity (Wildman–Crippen MR) is 282 cm³/mol. The standard InChI is InChI=1S/C63H42N4O2/c1-3-4-27-54-40(2)56-60(68-54)57(45-33-29-43(30-34-45)41-16-7-5-8-17-41)65-62(64-56)51-24-14-22-49(38-51)47-20-13-21-48(37-47)50-23-15-25-52(39-50)63-66-58(61-59(67-63)53-26-11-12-28-55(53)69-61)46-35-31-44(32-36-46)42-18-9-6-10-19-42/h3-39H,1H2,2H3/b27-4-. The van der Waals surface area contributed by atoms with Gasteiger partial charge >= 0.3 is 0 Å². The van der Waals surface area contributed by atoms with E-state index in [2.05, 4.69) is 183 Å². The molecule has 0 radical (unpaired) electrons. The average Bonchev–Trinajstić information content (AvgIpc) is 3.97. The summed E-state index contributed by atoms with van der Waals surface area (Å²) in [6.07, 6.45) is 5.54. The number of nitrogens with zero attached hydrogens (tertiary/aromatic N) is 4. The Morgan fingerprint density at radius 3 is 1.30 bits per heavy atom. The van der Waals surface area contributed by atoms with Crippen molar-refractivity contribution in [2.75, 3.05) is 0 Å². The minimum atomic E-state index is 0.618. The summed E-state index contributed by atoms with van der Waals surface area (Å²) in [7, 11) is 0. The summed E-state index contributed by atoms with van der Waals surface area (Å²) in [6, 6.07) is 71.3. The number of fused-ring (bicyclic) bond motifs is 4. The Bertz CT molecular complexity index is 3910. The van der Waals surface area contributed by atoms with Crippen molar-refractivity contribution in [1.82, 2.24) is 19.9 Å². The number of furan rings is 2. The zero-order chi connectivity index (χ0) is 46.3. The van der Waals surface area contributed by atoms with Gasteiger partial charge in [0.15, 0.2) is 22.8 Å². The molecule has 8 aromatic carbocycles. The molecule has 0 saturated carbocycles. The first-order valence-corrected chi connectivity index (χ1v) is 23.0. The lowest BCUT2D eigenvalue weighted by molar-refractivity contribution is 0.600. The molecule has 0 unspecified atom stereocenters. The van der Waals surface area contributed by atoms with Gasteiger partial charge in [0.2, 0.25) is 0 Å². The molecule has 0 aliphatic heterocycles. The van der Waals surface area contributed by atoms with Gasteiger partial charge in [0.1, 0.15) is 33.8 Å². The van der Waals surface area contributed by atoms with Gasteiger partial charge in [-0.1, -0.05) is 195 Å². The van der Waals surface area contributed by atoms with Crippen LogP contribution in [0.4, 0.5) is 0 Å². The van der Waals surface area contributed by atoms with Crippen LogP contribution in [0.15, 0.2) is 234 Å². The molecule has 12 rings (SSSR count). The second kappa shape index (κ2) is 17.5. The minimum Gasteiger partial charge on any atom is -0.452 e.